The summed E-state index contributed by atoms with van der Waals surface area (Å²) in [7, 11) is 0. The van der Waals surface area contributed by atoms with Gasteiger partial charge in [0.15, 0.2) is 5.69 Å². The summed E-state index contributed by atoms with van der Waals surface area (Å²) in [6.45, 7) is -0.0368. The topological polar surface area (TPSA) is 129 Å². The van der Waals surface area contributed by atoms with Gasteiger partial charge in [-0.05, 0) is 73.4 Å². The Labute approximate surface area is 242 Å². The van der Waals surface area contributed by atoms with Crippen molar-refractivity contribution in [2.24, 2.45) is 0 Å². The molecule has 1 aliphatic rings. The number of carbonyl (C=O) groups excluding carboxylic acids is 2. The molecule has 1 aliphatic heterocycles. The van der Waals surface area contributed by atoms with E-state index in [2.05, 4.69) is 20.7 Å². The molecule has 3 heterocycles. The molecule has 0 bridgehead atoms. The van der Waals surface area contributed by atoms with Crippen LogP contribution in [0.25, 0.3) is 11.0 Å². The molecule has 14 heteroatoms. The van der Waals surface area contributed by atoms with Crippen molar-refractivity contribution >= 4 is 45.9 Å². The molecule has 1 fully saturated rings. The van der Waals surface area contributed by atoms with E-state index in [1.165, 1.54) is 36.5 Å². The molecule has 0 radical (unpaired) electrons. The lowest BCUT2D eigenvalue weighted by atomic mass is 10.1. The van der Waals surface area contributed by atoms with Crippen molar-refractivity contribution in [1.29, 1.82) is 0 Å². The van der Waals surface area contributed by atoms with E-state index in [1.54, 1.807) is 6.07 Å². The van der Waals surface area contributed by atoms with Crippen molar-refractivity contribution in [2.75, 3.05) is 28.6 Å². The van der Waals surface area contributed by atoms with Crippen LogP contribution in [0.5, 0.6) is 0 Å². The van der Waals surface area contributed by atoms with Gasteiger partial charge in [-0.25, -0.2) is 4.39 Å². The Kier molecular flexibility index (Phi) is 8.28. The van der Waals surface area contributed by atoms with Gasteiger partial charge in [-0.1, -0.05) is 0 Å². The second kappa shape index (κ2) is 12.1. The van der Waals surface area contributed by atoms with Crippen LogP contribution in [0.15, 0.2) is 54.7 Å². The highest BCUT2D eigenvalue weighted by molar-refractivity contribution is 6.12. The maximum absolute atomic E-state index is 13.8. The van der Waals surface area contributed by atoms with Crippen molar-refractivity contribution in [2.45, 2.75) is 38.4 Å². The molecule has 0 spiro atoms. The number of amides is 2. The number of piperidine rings is 1. The van der Waals surface area contributed by atoms with Crippen LogP contribution in [-0.4, -0.2) is 56.9 Å². The van der Waals surface area contributed by atoms with Crippen LogP contribution in [0.3, 0.4) is 0 Å². The molecule has 4 aromatic rings. The fourth-order valence-electron chi connectivity index (χ4n) is 5.01. The minimum Gasteiger partial charge on any atom is -0.481 e. The van der Waals surface area contributed by atoms with Crippen LogP contribution in [0.1, 0.15) is 45.7 Å². The molecule has 0 saturated carbocycles. The lowest BCUT2D eigenvalue weighted by Gasteiger charge is -2.30. The van der Waals surface area contributed by atoms with Gasteiger partial charge < -0.3 is 20.6 Å². The van der Waals surface area contributed by atoms with Gasteiger partial charge in [-0.3, -0.25) is 24.0 Å². The highest BCUT2D eigenvalue weighted by Gasteiger charge is 2.31. The van der Waals surface area contributed by atoms with Gasteiger partial charge in [-0.15, -0.1) is 0 Å². The van der Waals surface area contributed by atoms with Gasteiger partial charge in [-0.2, -0.15) is 18.3 Å². The number of halogens is 4. The van der Waals surface area contributed by atoms with E-state index in [-0.39, 0.29) is 39.2 Å². The monoisotopic (exact) mass is 598 g/mol. The minimum absolute atomic E-state index is 0.0139. The first-order valence-electron chi connectivity index (χ1n) is 13.4. The first-order valence-corrected chi connectivity index (χ1v) is 13.4. The highest BCUT2D eigenvalue weighted by Crippen LogP contribution is 2.32. The lowest BCUT2D eigenvalue weighted by Crippen LogP contribution is -2.30. The summed E-state index contributed by atoms with van der Waals surface area (Å²) < 4.78 is 54.0. The zero-order chi connectivity index (χ0) is 30.7. The number of nitrogens with one attached hydrogen (secondary N) is 2. The zero-order valence-corrected chi connectivity index (χ0v) is 22.6. The van der Waals surface area contributed by atoms with E-state index in [4.69, 9.17) is 0 Å². The Morgan fingerprint density at radius 3 is 2.40 bits per heavy atom. The van der Waals surface area contributed by atoms with E-state index >= 15 is 0 Å². The third-order valence-corrected chi connectivity index (χ3v) is 6.91. The fraction of sp³-hybridized carbons (Fsp3) is 0.276. The molecule has 5 rings (SSSR count). The van der Waals surface area contributed by atoms with E-state index in [1.807, 2.05) is 4.90 Å². The predicted molar refractivity (Wildman–Crippen MR) is 150 cm³/mol. The van der Waals surface area contributed by atoms with Crippen molar-refractivity contribution in [3.05, 3.63) is 77.4 Å². The number of hydrogen-bond acceptors (Lipinski definition) is 6. The van der Waals surface area contributed by atoms with E-state index in [9.17, 15) is 37.1 Å². The molecule has 2 aromatic carbocycles. The van der Waals surface area contributed by atoms with Crippen LogP contribution in [-0.2, 0) is 17.8 Å². The maximum atomic E-state index is 13.8. The number of carbonyl (C=O) groups is 3. The molecule has 1 saturated heterocycles. The normalized spacial score (nSPS) is 13.6. The molecule has 2 aromatic heterocycles. The highest BCUT2D eigenvalue weighted by atomic mass is 19.4. The van der Waals surface area contributed by atoms with Gasteiger partial charge >= 0.3 is 12.1 Å². The number of nitrogens with zero attached hydrogens (tertiary/aromatic N) is 4. The van der Waals surface area contributed by atoms with Gasteiger partial charge in [0.1, 0.15) is 17.9 Å². The predicted octanol–water partition coefficient (Wildman–Crippen LogP) is 5.25. The minimum atomic E-state index is -4.58. The van der Waals surface area contributed by atoms with Crippen LogP contribution in [0, 0.1) is 5.82 Å². The Morgan fingerprint density at radius 2 is 1.67 bits per heavy atom. The summed E-state index contributed by atoms with van der Waals surface area (Å²) in [6, 6.07) is 10.8. The van der Waals surface area contributed by atoms with E-state index in [0.29, 0.717) is 23.5 Å². The Balaban J connectivity index is 1.48. The standard InChI is InChI=1S/C29H26F4N6O4/c30-19-7-8-20(18(13-19)15-24(40)41)35-27(42)17-6-9-22(38-11-2-1-3-12-38)21(14-17)36-28(43)26-25-23(5-4-10-34-25)39(37-26)16-29(31,32)33/h4-10,13-14H,1-3,11-12,15-16H2,(H,35,42)(H,36,43)(H,40,41). The molecule has 10 nitrogen and oxygen atoms in total. The number of benzene rings is 2. The Bertz CT molecular complexity index is 1700. The average Bonchev–Trinajstić information content (AvgIpc) is 3.31. The SMILES string of the molecule is O=C(O)Cc1cc(F)ccc1NC(=O)c1ccc(N2CCCCC2)c(NC(=O)c2nn(CC(F)(F)F)c3cccnc23)c1. The van der Waals surface area contributed by atoms with Crippen molar-refractivity contribution in [3.63, 3.8) is 0 Å². The van der Waals surface area contributed by atoms with Crippen molar-refractivity contribution < 1.29 is 37.1 Å². The number of alkyl halides is 3. The van der Waals surface area contributed by atoms with Crippen LogP contribution >= 0.6 is 0 Å². The van der Waals surface area contributed by atoms with E-state index < -0.39 is 42.7 Å². The number of pyridine rings is 1. The number of fused-ring (bicyclic) bond motifs is 1. The molecule has 224 valence electrons. The average molecular weight is 599 g/mol. The lowest BCUT2D eigenvalue weighted by molar-refractivity contribution is -0.142. The Hall–Kier alpha value is -5.01. The zero-order valence-electron chi connectivity index (χ0n) is 22.6. The molecule has 0 unspecified atom stereocenters. The number of aromatic nitrogens is 3. The summed E-state index contributed by atoms with van der Waals surface area (Å²) in [6.07, 6.45) is -0.918. The number of carboxylic acids is 1. The maximum Gasteiger partial charge on any atom is 0.408 e. The molecular formula is C29H26F4N6O4. The number of carboxylic acid groups (broad SMARTS) is 1. The summed E-state index contributed by atoms with van der Waals surface area (Å²) in [5.74, 6) is -3.34. The van der Waals surface area contributed by atoms with Gasteiger partial charge in [0.2, 0.25) is 0 Å². The van der Waals surface area contributed by atoms with Crippen LogP contribution < -0.4 is 15.5 Å². The van der Waals surface area contributed by atoms with Gasteiger partial charge in [0.05, 0.1) is 23.3 Å². The first-order chi connectivity index (χ1) is 20.5. The second-order valence-corrected chi connectivity index (χ2v) is 10.1. The summed E-state index contributed by atoms with van der Waals surface area (Å²) in [5.41, 5.74) is 0.783. The van der Waals surface area contributed by atoms with Crippen molar-refractivity contribution in [3.8, 4) is 0 Å². The molecule has 0 aliphatic carbocycles. The largest absolute Gasteiger partial charge is 0.481 e. The van der Waals surface area contributed by atoms with Crippen LogP contribution in [0.2, 0.25) is 0 Å². The number of aliphatic carboxylic acids is 1. The van der Waals surface area contributed by atoms with Gasteiger partial charge in [0, 0.05) is 30.5 Å². The third-order valence-electron chi connectivity index (χ3n) is 6.91. The molecule has 0 atom stereocenters. The smallest absolute Gasteiger partial charge is 0.408 e. The second-order valence-electron chi connectivity index (χ2n) is 10.1. The number of anilines is 3. The number of rotatable bonds is 8. The molecule has 2 amide bonds. The molecular weight excluding hydrogens is 572 g/mol. The Morgan fingerprint density at radius 1 is 0.930 bits per heavy atom. The molecule has 43 heavy (non-hydrogen) atoms. The third kappa shape index (κ3) is 6.90. The quantitative estimate of drug-likeness (QED) is 0.236. The van der Waals surface area contributed by atoms with Crippen LogP contribution in [0.4, 0.5) is 34.6 Å². The van der Waals surface area contributed by atoms with Crippen molar-refractivity contribution in [1.82, 2.24) is 14.8 Å². The van der Waals surface area contributed by atoms with Gasteiger partial charge in [0.25, 0.3) is 11.8 Å². The summed E-state index contributed by atoms with van der Waals surface area (Å²) >= 11 is 0. The first kappa shape index (κ1) is 29.5. The fourth-order valence-corrected chi connectivity index (χ4v) is 5.01. The molecule has 3 N–H and O–H groups in total. The number of hydrogen-bond donors (Lipinski definition) is 3. The van der Waals surface area contributed by atoms with E-state index in [0.717, 1.165) is 31.4 Å². The summed E-state index contributed by atoms with van der Waals surface area (Å²) in [5, 5.41) is 18.4. The summed E-state index contributed by atoms with van der Waals surface area (Å²) in [4.78, 5) is 44.1.